The topological polar surface area (TPSA) is 91.4 Å². The van der Waals surface area contributed by atoms with Crippen LogP contribution in [0, 0.1) is 0 Å². The van der Waals surface area contributed by atoms with Crippen LogP contribution in [0.25, 0.3) is 0 Å². The van der Waals surface area contributed by atoms with E-state index in [-0.39, 0.29) is 23.9 Å². The van der Waals surface area contributed by atoms with Gasteiger partial charge in [0.05, 0.1) is 12.2 Å². The summed E-state index contributed by atoms with van der Waals surface area (Å²) in [6.07, 6.45) is 2.83. The van der Waals surface area contributed by atoms with Gasteiger partial charge in [0, 0.05) is 32.0 Å². The highest BCUT2D eigenvalue weighted by molar-refractivity contribution is 7.89. The predicted molar refractivity (Wildman–Crippen MR) is 70.2 cm³/mol. The Kier molecular flexibility index (Phi) is 4.01. The second-order valence-electron chi connectivity index (χ2n) is 4.09. The van der Waals surface area contributed by atoms with E-state index in [1.165, 1.54) is 16.7 Å². The number of anilines is 1. The largest absolute Gasteiger partial charge is 0.384 e. The first-order chi connectivity index (χ1) is 9.05. The first kappa shape index (κ1) is 13.8. The maximum absolute atomic E-state index is 12.5. The zero-order chi connectivity index (χ0) is 13.9. The van der Waals surface area contributed by atoms with Gasteiger partial charge in [-0.1, -0.05) is 0 Å². The van der Waals surface area contributed by atoms with E-state index in [1.54, 1.807) is 6.07 Å². The van der Waals surface area contributed by atoms with Crippen LogP contribution in [0.2, 0.25) is 0 Å². The van der Waals surface area contributed by atoms with Gasteiger partial charge in [-0.3, -0.25) is 9.78 Å². The van der Waals surface area contributed by atoms with Gasteiger partial charge in [-0.15, -0.1) is 0 Å². The van der Waals surface area contributed by atoms with Gasteiger partial charge in [0.2, 0.25) is 15.9 Å². The summed E-state index contributed by atoms with van der Waals surface area (Å²) in [7, 11) is -3.70. The van der Waals surface area contributed by atoms with Crippen LogP contribution in [-0.2, 0) is 14.8 Å². The third-order valence-corrected chi connectivity index (χ3v) is 4.65. The highest BCUT2D eigenvalue weighted by Gasteiger charge is 2.31. The van der Waals surface area contributed by atoms with Gasteiger partial charge >= 0.3 is 0 Å². The molecular formula is C11H16N4O3S. The number of carbonyl (C=O) groups is 1. The van der Waals surface area contributed by atoms with E-state index in [2.05, 4.69) is 15.6 Å². The van der Waals surface area contributed by atoms with Crippen molar-refractivity contribution in [3.05, 3.63) is 18.5 Å². The van der Waals surface area contributed by atoms with Crippen LogP contribution in [0.5, 0.6) is 0 Å². The molecule has 0 aromatic carbocycles. The average Bonchev–Trinajstić information content (AvgIpc) is 2.39. The number of hydrogen-bond donors (Lipinski definition) is 2. The van der Waals surface area contributed by atoms with Crippen LogP contribution in [-0.4, -0.2) is 49.8 Å². The van der Waals surface area contributed by atoms with Crippen LogP contribution < -0.4 is 10.6 Å². The van der Waals surface area contributed by atoms with Crippen LogP contribution in [0.3, 0.4) is 0 Å². The summed E-state index contributed by atoms with van der Waals surface area (Å²) in [4.78, 5) is 15.3. The third-order valence-electron chi connectivity index (χ3n) is 2.77. The van der Waals surface area contributed by atoms with Crippen molar-refractivity contribution in [3.8, 4) is 0 Å². The van der Waals surface area contributed by atoms with E-state index in [0.717, 1.165) is 0 Å². The van der Waals surface area contributed by atoms with E-state index >= 15 is 0 Å². The standard InChI is InChI=1S/C11H16N4O3S/c1-2-13-9-3-4-12-7-10(9)19(17,18)15-6-5-14-11(16)8-15/h3-4,7H,2,5-6,8H2,1H3,(H,12,13)(H,14,16). The van der Waals surface area contributed by atoms with Crippen molar-refractivity contribution in [3.63, 3.8) is 0 Å². The number of piperazine rings is 1. The number of hydrogen-bond acceptors (Lipinski definition) is 5. The summed E-state index contributed by atoms with van der Waals surface area (Å²) in [5.41, 5.74) is 0.503. The quantitative estimate of drug-likeness (QED) is 0.787. The first-order valence-electron chi connectivity index (χ1n) is 6.00. The van der Waals surface area contributed by atoms with Crippen molar-refractivity contribution in [1.82, 2.24) is 14.6 Å². The van der Waals surface area contributed by atoms with Gasteiger partial charge in [-0.25, -0.2) is 8.42 Å². The van der Waals surface area contributed by atoms with Crippen molar-refractivity contribution >= 4 is 21.6 Å². The summed E-state index contributed by atoms with van der Waals surface area (Å²) >= 11 is 0. The molecule has 1 amide bonds. The van der Waals surface area contributed by atoms with Crippen molar-refractivity contribution in [2.24, 2.45) is 0 Å². The molecule has 7 nitrogen and oxygen atoms in total. The number of amides is 1. The van der Waals surface area contributed by atoms with E-state index in [9.17, 15) is 13.2 Å². The highest BCUT2D eigenvalue weighted by Crippen LogP contribution is 2.23. The molecular weight excluding hydrogens is 268 g/mol. The highest BCUT2D eigenvalue weighted by atomic mass is 32.2. The lowest BCUT2D eigenvalue weighted by Gasteiger charge is -2.26. The minimum Gasteiger partial charge on any atom is -0.384 e. The van der Waals surface area contributed by atoms with E-state index in [0.29, 0.717) is 18.8 Å². The van der Waals surface area contributed by atoms with Gasteiger partial charge in [-0.2, -0.15) is 4.31 Å². The summed E-state index contributed by atoms with van der Waals surface area (Å²) in [6.45, 7) is 2.93. The van der Waals surface area contributed by atoms with Crippen LogP contribution in [0.1, 0.15) is 6.92 Å². The van der Waals surface area contributed by atoms with Crippen molar-refractivity contribution in [1.29, 1.82) is 0 Å². The molecule has 1 aliphatic heterocycles. The molecule has 2 rings (SSSR count). The van der Waals surface area contributed by atoms with Crippen LogP contribution in [0.15, 0.2) is 23.4 Å². The Balaban J connectivity index is 2.36. The Morgan fingerprint density at radius 2 is 2.32 bits per heavy atom. The molecule has 19 heavy (non-hydrogen) atoms. The average molecular weight is 284 g/mol. The summed E-state index contributed by atoms with van der Waals surface area (Å²) in [6, 6.07) is 1.61. The normalized spacial score (nSPS) is 17.0. The summed E-state index contributed by atoms with van der Waals surface area (Å²) in [5, 5.41) is 5.59. The molecule has 1 aromatic heterocycles. The molecule has 8 heteroatoms. The zero-order valence-corrected chi connectivity index (χ0v) is 11.4. The maximum Gasteiger partial charge on any atom is 0.247 e. The molecule has 0 spiro atoms. The monoisotopic (exact) mass is 284 g/mol. The molecule has 0 bridgehead atoms. The third kappa shape index (κ3) is 2.85. The van der Waals surface area contributed by atoms with Crippen molar-refractivity contribution < 1.29 is 13.2 Å². The molecule has 0 aliphatic carbocycles. The molecule has 0 radical (unpaired) electrons. The summed E-state index contributed by atoms with van der Waals surface area (Å²) < 4.78 is 26.2. The Hall–Kier alpha value is -1.67. The Morgan fingerprint density at radius 1 is 1.53 bits per heavy atom. The van der Waals surface area contributed by atoms with Crippen molar-refractivity contribution in [2.45, 2.75) is 11.8 Å². The molecule has 1 aromatic rings. The number of carbonyl (C=O) groups excluding carboxylic acids is 1. The lowest BCUT2D eigenvalue weighted by molar-refractivity contribution is -0.122. The lowest BCUT2D eigenvalue weighted by atomic mass is 10.4. The fourth-order valence-corrected chi connectivity index (χ4v) is 3.39. The SMILES string of the molecule is CCNc1ccncc1S(=O)(=O)N1CCNC(=O)C1. The Morgan fingerprint density at radius 3 is 3.00 bits per heavy atom. The van der Waals surface area contributed by atoms with Gasteiger partial charge in [0.1, 0.15) is 4.90 Å². The molecule has 0 atom stereocenters. The minimum atomic E-state index is -3.70. The Bertz CT molecular complexity index is 573. The molecule has 0 unspecified atom stereocenters. The molecule has 0 saturated carbocycles. The maximum atomic E-state index is 12.5. The smallest absolute Gasteiger partial charge is 0.247 e. The molecule has 1 saturated heterocycles. The number of aromatic nitrogens is 1. The zero-order valence-electron chi connectivity index (χ0n) is 10.6. The number of pyridine rings is 1. The second kappa shape index (κ2) is 5.54. The van der Waals surface area contributed by atoms with Gasteiger partial charge in [-0.05, 0) is 13.0 Å². The fourth-order valence-electron chi connectivity index (χ4n) is 1.88. The summed E-state index contributed by atoms with van der Waals surface area (Å²) in [5.74, 6) is -0.288. The fraction of sp³-hybridized carbons (Fsp3) is 0.455. The molecule has 1 aliphatic rings. The Labute approximate surface area is 112 Å². The van der Waals surface area contributed by atoms with E-state index in [1.807, 2.05) is 6.92 Å². The molecule has 2 N–H and O–H groups in total. The van der Waals surface area contributed by atoms with E-state index < -0.39 is 10.0 Å². The lowest BCUT2D eigenvalue weighted by Crippen LogP contribution is -2.49. The number of rotatable bonds is 4. The number of nitrogens with zero attached hydrogens (tertiary/aromatic N) is 2. The number of sulfonamides is 1. The van der Waals surface area contributed by atoms with Crippen LogP contribution >= 0.6 is 0 Å². The van der Waals surface area contributed by atoms with Crippen LogP contribution in [0.4, 0.5) is 5.69 Å². The molecule has 2 heterocycles. The molecule has 104 valence electrons. The van der Waals surface area contributed by atoms with Crippen molar-refractivity contribution in [2.75, 3.05) is 31.5 Å². The second-order valence-corrected chi connectivity index (χ2v) is 6.00. The van der Waals surface area contributed by atoms with Gasteiger partial charge in [0.25, 0.3) is 0 Å². The van der Waals surface area contributed by atoms with Gasteiger partial charge < -0.3 is 10.6 Å². The van der Waals surface area contributed by atoms with E-state index in [4.69, 9.17) is 0 Å². The minimum absolute atomic E-state index is 0.103. The molecule has 1 fully saturated rings. The first-order valence-corrected chi connectivity index (χ1v) is 7.44. The number of nitrogens with one attached hydrogen (secondary N) is 2. The van der Waals surface area contributed by atoms with Gasteiger partial charge in [0.15, 0.2) is 0 Å². The predicted octanol–water partition coefficient (Wildman–Crippen LogP) is -0.366.